The molecule has 1 aliphatic heterocycles. The molecule has 1 N–H and O–H groups in total. The summed E-state index contributed by atoms with van der Waals surface area (Å²) in [5.74, 6) is 0.863. The van der Waals surface area contributed by atoms with Crippen LogP contribution in [-0.4, -0.2) is 12.7 Å². The van der Waals surface area contributed by atoms with E-state index in [1.807, 2.05) is 19.1 Å². The molecule has 126 valence electrons. The highest BCUT2D eigenvalue weighted by Gasteiger charge is 2.17. The fourth-order valence-electron chi connectivity index (χ4n) is 2.45. The van der Waals surface area contributed by atoms with Crippen molar-refractivity contribution in [2.24, 2.45) is 0 Å². The Morgan fingerprint density at radius 3 is 2.80 bits per heavy atom. The number of hydrogen-bond acceptors (Lipinski definition) is 4. The van der Waals surface area contributed by atoms with Gasteiger partial charge in [0.25, 0.3) is 0 Å². The van der Waals surface area contributed by atoms with Crippen molar-refractivity contribution < 1.29 is 14.3 Å². The van der Waals surface area contributed by atoms with Crippen LogP contribution in [0.15, 0.2) is 42.5 Å². The molecule has 5 nitrogen and oxygen atoms in total. The molecule has 3 rings (SSSR count). The largest absolute Gasteiger partial charge is 0.454 e. The quantitative estimate of drug-likeness (QED) is 0.847. The summed E-state index contributed by atoms with van der Waals surface area (Å²) in [6.45, 7) is 2.02. The molecule has 2 aromatic carbocycles. The second-order valence-corrected chi connectivity index (χ2v) is 5.94. The molecular formula is C19H15ClN2O3. The van der Waals surface area contributed by atoms with Crippen LogP contribution in [0.5, 0.6) is 11.5 Å². The van der Waals surface area contributed by atoms with Crippen LogP contribution in [0.4, 0.5) is 0 Å². The molecular weight excluding hydrogens is 340 g/mol. The number of nitrogens with one attached hydrogen (secondary N) is 1. The van der Waals surface area contributed by atoms with Crippen molar-refractivity contribution in [3.05, 3.63) is 64.2 Å². The van der Waals surface area contributed by atoms with Gasteiger partial charge in [-0.15, -0.1) is 0 Å². The van der Waals surface area contributed by atoms with Crippen LogP contribution < -0.4 is 14.8 Å². The molecule has 0 aromatic heterocycles. The third-order valence-electron chi connectivity index (χ3n) is 3.78. The van der Waals surface area contributed by atoms with E-state index in [9.17, 15) is 4.79 Å². The average Bonchev–Trinajstić information content (AvgIpc) is 3.09. The maximum atomic E-state index is 12.1. The zero-order valence-electron chi connectivity index (χ0n) is 13.5. The van der Waals surface area contributed by atoms with Gasteiger partial charge in [-0.3, -0.25) is 4.79 Å². The second-order valence-electron chi connectivity index (χ2n) is 5.53. The van der Waals surface area contributed by atoms with Crippen LogP contribution in [-0.2, 0) is 4.79 Å². The number of fused-ring (bicyclic) bond motifs is 1. The van der Waals surface area contributed by atoms with E-state index in [-0.39, 0.29) is 18.7 Å². The van der Waals surface area contributed by atoms with E-state index in [1.54, 1.807) is 30.3 Å². The van der Waals surface area contributed by atoms with E-state index in [1.165, 1.54) is 6.08 Å². The first kappa shape index (κ1) is 16.9. The van der Waals surface area contributed by atoms with Crippen molar-refractivity contribution in [3.63, 3.8) is 0 Å². The Labute approximate surface area is 150 Å². The summed E-state index contributed by atoms with van der Waals surface area (Å²) in [6, 6.07) is 12.5. The Morgan fingerprint density at radius 2 is 2.08 bits per heavy atom. The molecule has 0 bridgehead atoms. The Balaban J connectivity index is 1.65. The molecule has 0 spiro atoms. The van der Waals surface area contributed by atoms with Gasteiger partial charge >= 0.3 is 0 Å². The molecule has 25 heavy (non-hydrogen) atoms. The average molecular weight is 355 g/mol. The van der Waals surface area contributed by atoms with Gasteiger partial charge in [-0.2, -0.15) is 5.26 Å². The van der Waals surface area contributed by atoms with E-state index in [4.69, 9.17) is 26.3 Å². The minimum absolute atomic E-state index is 0.144. The number of amides is 1. The third kappa shape index (κ3) is 3.93. The lowest BCUT2D eigenvalue weighted by Gasteiger charge is -2.12. The number of benzene rings is 2. The Hall–Kier alpha value is -2.97. The maximum Gasteiger partial charge on any atom is 0.244 e. The van der Waals surface area contributed by atoms with Crippen LogP contribution in [0, 0.1) is 11.3 Å². The first-order chi connectivity index (χ1) is 12.1. The summed E-state index contributed by atoms with van der Waals surface area (Å²) in [6.07, 6.45) is 3.10. The summed E-state index contributed by atoms with van der Waals surface area (Å²) in [7, 11) is 0. The smallest absolute Gasteiger partial charge is 0.244 e. The van der Waals surface area contributed by atoms with Gasteiger partial charge in [-0.05, 0) is 48.4 Å². The minimum atomic E-state index is -0.231. The number of halogens is 1. The number of nitrogens with zero attached hydrogens (tertiary/aromatic N) is 1. The van der Waals surface area contributed by atoms with E-state index < -0.39 is 0 Å². The van der Waals surface area contributed by atoms with Gasteiger partial charge < -0.3 is 14.8 Å². The maximum absolute atomic E-state index is 12.1. The molecule has 0 fully saturated rings. The highest BCUT2D eigenvalue weighted by molar-refractivity contribution is 6.32. The SMILES string of the molecule is CC(NC(=O)/C=C/c1cc(Cl)c2c(c1)OCO2)c1ccc(C#N)cc1. The number of nitriles is 1. The van der Waals surface area contributed by atoms with Crippen molar-refractivity contribution in [2.45, 2.75) is 13.0 Å². The van der Waals surface area contributed by atoms with Crippen LogP contribution >= 0.6 is 11.6 Å². The molecule has 0 aliphatic carbocycles. The fourth-order valence-corrected chi connectivity index (χ4v) is 2.72. The number of rotatable bonds is 4. The number of carbonyl (C=O) groups excluding carboxylic acids is 1. The molecule has 1 aliphatic rings. The van der Waals surface area contributed by atoms with Crippen molar-refractivity contribution in [1.82, 2.24) is 5.32 Å². The van der Waals surface area contributed by atoms with E-state index in [2.05, 4.69) is 11.4 Å². The molecule has 0 saturated heterocycles. The standard InChI is InChI=1S/C19H15ClN2O3/c1-12(15-5-2-13(10-21)3-6-15)22-18(23)7-4-14-8-16(20)19-17(9-14)24-11-25-19/h2-9,12H,11H2,1H3,(H,22,23)/b7-4+. The lowest BCUT2D eigenvalue weighted by molar-refractivity contribution is -0.117. The Morgan fingerprint density at radius 1 is 1.32 bits per heavy atom. The molecule has 0 radical (unpaired) electrons. The molecule has 2 aromatic rings. The van der Waals surface area contributed by atoms with Gasteiger partial charge in [-0.25, -0.2) is 0 Å². The topological polar surface area (TPSA) is 71.3 Å². The van der Waals surface area contributed by atoms with Crippen molar-refractivity contribution in [1.29, 1.82) is 5.26 Å². The van der Waals surface area contributed by atoms with Crippen LogP contribution in [0.3, 0.4) is 0 Å². The lowest BCUT2D eigenvalue weighted by atomic mass is 10.1. The summed E-state index contributed by atoms with van der Waals surface area (Å²) < 4.78 is 10.6. The van der Waals surface area contributed by atoms with E-state index in [0.717, 1.165) is 11.1 Å². The van der Waals surface area contributed by atoms with Crippen molar-refractivity contribution in [2.75, 3.05) is 6.79 Å². The molecule has 1 heterocycles. The van der Waals surface area contributed by atoms with Gasteiger partial charge in [0.1, 0.15) is 0 Å². The summed E-state index contributed by atoms with van der Waals surface area (Å²) in [5, 5.41) is 12.1. The number of ether oxygens (including phenoxy) is 2. The predicted octanol–water partition coefficient (Wildman–Crippen LogP) is 3.83. The first-order valence-corrected chi connectivity index (χ1v) is 8.02. The number of hydrogen-bond donors (Lipinski definition) is 1. The zero-order chi connectivity index (χ0) is 17.8. The van der Waals surface area contributed by atoms with Gasteiger partial charge in [0.15, 0.2) is 11.5 Å². The highest BCUT2D eigenvalue weighted by atomic mass is 35.5. The molecule has 1 amide bonds. The Bertz CT molecular complexity index is 869. The molecule has 0 saturated carbocycles. The van der Waals surface area contributed by atoms with Crippen LogP contribution in [0.25, 0.3) is 6.08 Å². The number of carbonyl (C=O) groups is 1. The van der Waals surface area contributed by atoms with Crippen molar-refractivity contribution >= 4 is 23.6 Å². The zero-order valence-corrected chi connectivity index (χ0v) is 14.2. The fraction of sp³-hybridized carbons (Fsp3) is 0.158. The predicted molar refractivity (Wildman–Crippen MR) is 94.3 cm³/mol. The third-order valence-corrected chi connectivity index (χ3v) is 4.06. The highest BCUT2D eigenvalue weighted by Crippen LogP contribution is 2.40. The van der Waals surface area contributed by atoms with Crippen LogP contribution in [0.1, 0.15) is 29.7 Å². The molecule has 1 atom stereocenters. The summed E-state index contributed by atoms with van der Waals surface area (Å²) in [5.41, 5.74) is 2.25. The van der Waals surface area contributed by atoms with E-state index in [0.29, 0.717) is 22.1 Å². The van der Waals surface area contributed by atoms with Gasteiger partial charge in [0, 0.05) is 6.08 Å². The molecule has 6 heteroatoms. The first-order valence-electron chi connectivity index (χ1n) is 7.64. The molecule has 1 unspecified atom stereocenters. The monoisotopic (exact) mass is 354 g/mol. The van der Waals surface area contributed by atoms with Crippen LogP contribution in [0.2, 0.25) is 5.02 Å². The van der Waals surface area contributed by atoms with Gasteiger partial charge in [0.05, 0.1) is 22.7 Å². The second kappa shape index (κ2) is 7.29. The van der Waals surface area contributed by atoms with Gasteiger partial charge in [-0.1, -0.05) is 23.7 Å². The van der Waals surface area contributed by atoms with Gasteiger partial charge in [0.2, 0.25) is 12.7 Å². The van der Waals surface area contributed by atoms with E-state index >= 15 is 0 Å². The lowest BCUT2D eigenvalue weighted by Crippen LogP contribution is -2.24. The summed E-state index contributed by atoms with van der Waals surface area (Å²) in [4.78, 5) is 12.1. The van der Waals surface area contributed by atoms with Crippen molar-refractivity contribution in [3.8, 4) is 17.6 Å². The summed E-state index contributed by atoms with van der Waals surface area (Å²) >= 11 is 6.12. The normalized spacial score (nSPS) is 13.5. The minimum Gasteiger partial charge on any atom is -0.454 e. The Kier molecular flexibility index (Phi) is 4.92.